The van der Waals surface area contributed by atoms with Gasteiger partial charge in [0, 0.05) is 10.6 Å². The molecule has 2 aromatic rings. The number of ketones is 1. The highest BCUT2D eigenvalue weighted by molar-refractivity contribution is 6.30. The normalized spacial score (nSPS) is 30.3. The van der Waals surface area contributed by atoms with Crippen molar-refractivity contribution in [3.8, 4) is 0 Å². The second-order valence-electron chi connectivity index (χ2n) is 5.96. The van der Waals surface area contributed by atoms with E-state index >= 15 is 0 Å². The minimum absolute atomic E-state index is 0.121. The van der Waals surface area contributed by atoms with Crippen LogP contribution in [-0.2, 0) is 4.74 Å². The second kappa shape index (κ2) is 4.43. The Balaban J connectivity index is 1.72. The largest absolute Gasteiger partial charge is 0.352 e. The van der Waals surface area contributed by atoms with Crippen LogP contribution in [0.3, 0.4) is 0 Å². The van der Waals surface area contributed by atoms with Crippen molar-refractivity contribution in [2.75, 3.05) is 0 Å². The molecular weight excluding hydrogens is 284 g/mol. The molecule has 1 spiro atoms. The summed E-state index contributed by atoms with van der Waals surface area (Å²) in [4.78, 5) is 12.8. The van der Waals surface area contributed by atoms with Gasteiger partial charge < -0.3 is 4.74 Å². The summed E-state index contributed by atoms with van der Waals surface area (Å²) in [6, 6.07) is 15.4. The topological polar surface area (TPSA) is 29.6 Å². The van der Waals surface area contributed by atoms with Crippen LogP contribution in [0.1, 0.15) is 46.9 Å². The fourth-order valence-corrected chi connectivity index (χ4v) is 3.62. The van der Waals surface area contributed by atoms with E-state index in [1.54, 1.807) is 0 Å². The Labute approximate surface area is 128 Å². The van der Waals surface area contributed by atoms with E-state index in [1.807, 2.05) is 48.5 Å². The molecule has 0 aromatic heterocycles. The average Bonchev–Trinajstić information content (AvgIpc) is 3.21. The maximum Gasteiger partial charge on any atom is 0.198 e. The van der Waals surface area contributed by atoms with Crippen LogP contribution in [0.2, 0.25) is 5.02 Å². The van der Waals surface area contributed by atoms with Crippen molar-refractivity contribution in [3.63, 3.8) is 0 Å². The molecule has 3 atom stereocenters. The van der Waals surface area contributed by atoms with E-state index in [0.29, 0.717) is 10.9 Å². The van der Waals surface area contributed by atoms with E-state index in [9.17, 15) is 4.79 Å². The third-order valence-electron chi connectivity index (χ3n) is 4.60. The Morgan fingerprint density at radius 2 is 1.86 bits per heavy atom. The van der Waals surface area contributed by atoms with Crippen molar-refractivity contribution >= 4 is 17.4 Å². The van der Waals surface area contributed by atoms with Crippen molar-refractivity contribution in [2.45, 2.75) is 31.0 Å². The lowest BCUT2D eigenvalue weighted by atomic mass is 9.74. The first-order chi connectivity index (χ1) is 10.1. The van der Waals surface area contributed by atoms with Crippen LogP contribution in [0.4, 0.5) is 0 Å². The van der Waals surface area contributed by atoms with Crippen LogP contribution in [-0.4, -0.2) is 11.4 Å². The number of Topliss-reactive ketones (excluding diaryl/α,β-unsaturated/α-hetero) is 1. The Bertz CT molecular complexity index is 722. The molecule has 0 saturated carbocycles. The number of benzene rings is 2. The molecule has 4 rings (SSSR count). The fraction of sp³-hybridized carbons (Fsp3) is 0.278. The van der Waals surface area contributed by atoms with Crippen LogP contribution in [0.25, 0.3) is 0 Å². The summed E-state index contributed by atoms with van der Waals surface area (Å²) in [6.45, 7) is 2.16. The molecule has 1 aliphatic carbocycles. The summed E-state index contributed by atoms with van der Waals surface area (Å²) < 4.78 is 5.92. The van der Waals surface area contributed by atoms with Gasteiger partial charge in [-0.15, -0.1) is 0 Å². The van der Waals surface area contributed by atoms with Crippen LogP contribution < -0.4 is 0 Å². The molecule has 2 aromatic carbocycles. The Hall–Kier alpha value is -1.64. The third kappa shape index (κ3) is 1.86. The van der Waals surface area contributed by atoms with E-state index in [4.69, 9.17) is 16.3 Å². The molecule has 1 saturated heterocycles. The van der Waals surface area contributed by atoms with Gasteiger partial charge in [0.15, 0.2) is 11.4 Å². The minimum Gasteiger partial charge on any atom is -0.352 e. The molecule has 3 unspecified atom stereocenters. The predicted octanol–water partition coefficient (Wildman–Crippen LogP) is 4.54. The zero-order chi connectivity index (χ0) is 14.6. The summed E-state index contributed by atoms with van der Waals surface area (Å²) >= 11 is 5.93. The zero-order valence-electron chi connectivity index (χ0n) is 11.7. The monoisotopic (exact) mass is 298 g/mol. The number of epoxide rings is 1. The summed E-state index contributed by atoms with van der Waals surface area (Å²) in [5, 5.41) is 0.696. The van der Waals surface area contributed by atoms with Crippen molar-refractivity contribution in [1.82, 2.24) is 0 Å². The lowest BCUT2D eigenvalue weighted by Crippen LogP contribution is -2.33. The first kappa shape index (κ1) is 13.1. The van der Waals surface area contributed by atoms with Gasteiger partial charge in [-0.2, -0.15) is 0 Å². The zero-order valence-corrected chi connectivity index (χ0v) is 12.4. The second-order valence-corrected chi connectivity index (χ2v) is 6.40. The van der Waals surface area contributed by atoms with Crippen LogP contribution in [0, 0.1) is 0 Å². The number of hydrogen-bond acceptors (Lipinski definition) is 2. The third-order valence-corrected chi connectivity index (χ3v) is 4.85. The summed E-state index contributed by atoms with van der Waals surface area (Å²) in [6.07, 6.45) is 0.605. The smallest absolute Gasteiger partial charge is 0.198 e. The van der Waals surface area contributed by atoms with Crippen molar-refractivity contribution in [2.24, 2.45) is 0 Å². The molecule has 2 nitrogen and oxygen atoms in total. The molecule has 2 aliphatic rings. The van der Waals surface area contributed by atoms with Crippen molar-refractivity contribution in [1.29, 1.82) is 0 Å². The molecule has 3 heteroatoms. The highest BCUT2D eigenvalue weighted by Crippen LogP contribution is 2.58. The van der Waals surface area contributed by atoms with E-state index in [1.165, 1.54) is 0 Å². The number of halogens is 1. The number of carbonyl (C=O) groups is 1. The Morgan fingerprint density at radius 3 is 2.62 bits per heavy atom. The van der Waals surface area contributed by atoms with Crippen LogP contribution in [0.15, 0.2) is 48.5 Å². The van der Waals surface area contributed by atoms with Gasteiger partial charge in [0.1, 0.15) is 6.10 Å². The summed E-state index contributed by atoms with van der Waals surface area (Å²) in [7, 11) is 0. The van der Waals surface area contributed by atoms with E-state index in [2.05, 4.69) is 6.92 Å². The molecule has 0 bridgehead atoms. The molecule has 21 heavy (non-hydrogen) atoms. The van der Waals surface area contributed by atoms with Gasteiger partial charge in [-0.25, -0.2) is 0 Å². The quantitative estimate of drug-likeness (QED) is 0.723. The van der Waals surface area contributed by atoms with Crippen LogP contribution in [0.5, 0.6) is 0 Å². The van der Waals surface area contributed by atoms with Crippen LogP contribution >= 0.6 is 11.6 Å². The van der Waals surface area contributed by atoms with Gasteiger partial charge in [0.05, 0.1) is 0 Å². The molecule has 0 amide bonds. The number of hydrogen-bond donors (Lipinski definition) is 0. The first-order valence-corrected chi connectivity index (χ1v) is 7.56. The molecule has 1 aliphatic heterocycles. The lowest BCUT2D eigenvalue weighted by Gasteiger charge is -2.26. The highest BCUT2D eigenvalue weighted by atomic mass is 35.5. The van der Waals surface area contributed by atoms with Gasteiger partial charge in [-0.05, 0) is 35.6 Å². The molecule has 1 fully saturated rings. The molecule has 0 N–H and O–H groups in total. The van der Waals surface area contributed by atoms with Gasteiger partial charge in [0.2, 0.25) is 0 Å². The molecule has 1 heterocycles. The molecule has 0 radical (unpaired) electrons. The maximum atomic E-state index is 12.8. The van der Waals surface area contributed by atoms with Gasteiger partial charge >= 0.3 is 0 Å². The first-order valence-electron chi connectivity index (χ1n) is 7.19. The van der Waals surface area contributed by atoms with E-state index < -0.39 is 5.60 Å². The van der Waals surface area contributed by atoms with E-state index in [-0.39, 0.29) is 11.9 Å². The lowest BCUT2D eigenvalue weighted by molar-refractivity contribution is 0.0839. The maximum absolute atomic E-state index is 12.8. The number of ether oxygens (including phenoxy) is 1. The average molecular weight is 299 g/mol. The number of fused-ring (bicyclic) bond motifs is 1. The minimum atomic E-state index is -0.665. The Morgan fingerprint density at radius 1 is 1.14 bits per heavy atom. The molecular formula is C18H15ClO2. The SMILES string of the molecule is CC1CC2(OC2c2ccc(Cl)cc2)C(=O)c2ccccc21. The number of rotatable bonds is 1. The van der Waals surface area contributed by atoms with Gasteiger partial charge in [-0.3, -0.25) is 4.79 Å². The Kier molecular flexibility index (Phi) is 2.75. The van der Waals surface area contributed by atoms with Gasteiger partial charge in [0.25, 0.3) is 0 Å². The highest BCUT2D eigenvalue weighted by Gasteiger charge is 2.65. The summed E-state index contributed by atoms with van der Waals surface area (Å²) in [5.41, 5.74) is 2.31. The van der Waals surface area contributed by atoms with E-state index in [0.717, 1.165) is 23.1 Å². The predicted molar refractivity (Wildman–Crippen MR) is 81.8 cm³/mol. The molecule has 106 valence electrons. The van der Waals surface area contributed by atoms with Crippen molar-refractivity contribution < 1.29 is 9.53 Å². The summed E-state index contributed by atoms with van der Waals surface area (Å²) in [5.74, 6) is 0.451. The standard InChI is InChI=1S/C18H15ClO2/c1-11-10-18(16(20)15-5-3-2-4-14(11)15)17(21-18)12-6-8-13(19)9-7-12/h2-9,11,17H,10H2,1H3. The number of carbonyl (C=O) groups excluding carboxylic acids is 1. The van der Waals surface area contributed by atoms with Crippen molar-refractivity contribution in [3.05, 3.63) is 70.2 Å². The van der Waals surface area contributed by atoms with Gasteiger partial charge in [-0.1, -0.05) is 54.9 Å². The fourth-order valence-electron chi connectivity index (χ4n) is 3.50.